The van der Waals surface area contributed by atoms with Crippen LogP contribution < -0.4 is 10.1 Å². The molecule has 2 aromatic rings. The van der Waals surface area contributed by atoms with Gasteiger partial charge in [0.2, 0.25) is 0 Å². The Labute approximate surface area is 107 Å². The number of nitrogens with zero attached hydrogens (tertiary/aromatic N) is 2. The minimum Gasteiger partial charge on any atom is -0.486 e. The molecule has 18 heavy (non-hydrogen) atoms. The molecule has 0 aliphatic rings. The van der Waals surface area contributed by atoms with Crippen molar-refractivity contribution in [3.8, 4) is 5.75 Å². The number of rotatable bonds is 6. The Hall–Kier alpha value is -1.94. The average molecular weight is 243 g/mol. The van der Waals surface area contributed by atoms with Crippen LogP contribution in [0.15, 0.2) is 42.9 Å². The maximum absolute atomic E-state index is 5.57. The van der Waals surface area contributed by atoms with Crippen molar-refractivity contribution in [1.82, 2.24) is 15.3 Å². The lowest BCUT2D eigenvalue weighted by atomic mass is 10.2. The second-order valence-electron chi connectivity index (χ2n) is 3.92. The van der Waals surface area contributed by atoms with E-state index < -0.39 is 0 Å². The van der Waals surface area contributed by atoms with E-state index in [-0.39, 0.29) is 0 Å². The fourth-order valence-electron chi connectivity index (χ4n) is 1.50. The van der Waals surface area contributed by atoms with Crippen LogP contribution >= 0.6 is 0 Å². The van der Waals surface area contributed by atoms with Gasteiger partial charge in [-0.2, -0.15) is 0 Å². The molecule has 0 saturated carbocycles. The summed E-state index contributed by atoms with van der Waals surface area (Å²) in [5, 5.41) is 3.26. The fraction of sp³-hybridized carbons (Fsp3) is 0.286. The maximum Gasteiger partial charge on any atom is 0.138 e. The highest BCUT2D eigenvalue weighted by Gasteiger charge is 1.98. The second kappa shape index (κ2) is 6.71. The van der Waals surface area contributed by atoms with Crippen molar-refractivity contribution >= 4 is 0 Å². The quantitative estimate of drug-likeness (QED) is 0.844. The molecule has 0 saturated heterocycles. The molecule has 4 heteroatoms. The summed E-state index contributed by atoms with van der Waals surface area (Å²) in [6.07, 6.45) is 5.30. The summed E-state index contributed by atoms with van der Waals surface area (Å²) in [4.78, 5) is 8.35. The smallest absolute Gasteiger partial charge is 0.138 e. The summed E-state index contributed by atoms with van der Waals surface area (Å²) in [6.45, 7) is 4.37. The zero-order valence-electron chi connectivity index (χ0n) is 10.5. The van der Waals surface area contributed by atoms with E-state index in [1.807, 2.05) is 24.4 Å². The van der Waals surface area contributed by atoms with Gasteiger partial charge in [0.1, 0.15) is 12.4 Å². The van der Waals surface area contributed by atoms with Gasteiger partial charge in [-0.3, -0.25) is 9.97 Å². The molecule has 2 heterocycles. The highest BCUT2D eigenvalue weighted by atomic mass is 16.5. The van der Waals surface area contributed by atoms with Gasteiger partial charge >= 0.3 is 0 Å². The summed E-state index contributed by atoms with van der Waals surface area (Å²) in [5.74, 6) is 0.760. The minimum absolute atomic E-state index is 0.465. The molecule has 0 aromatic carbocycles. The van der Waals surface area contributed by atoms with E-state index in [2.05, 4.69) is 28.3 Å². The fourth-order valence-corrected chi connectivity index (χ4v) is 1.50. The zero-order chi connectivity index (χ0) is 12.6. The van der Waals surface area contributed by atoms with Crippen molar-refractivity contribution in [2.45, 2.75) is 20.1 Å². The molecule has 0 aliphatic carbocycles. The first-order chi connectivity index (χ1) is 8.88. The Morgan fingerprint density at radius 2 is 2.17 bits per heavy atom. The summed E-state index contributed by atoms with van der Waals surface area (Å²) >= 11 is 0. The predicted molar refractivity (Wildman–Crippen MR) is 70.2 cm³/mol. The van der Waals surface area contributed by atoms with E-state index in [1.54, 1.807) is 12.4 Å². The number of hydrogen-bond donors (Lipinski definition) is 1. The van der Waals surface area contributed by atoms with Crippen molar-refractivity contribution < 1.29 is 4.74 Å². The summed E-state index contributed by atoms with van der Waals surface area (Å²) in [5.41, 5.74) is 2.10. The van der Waals surface area contributed by atoms with Crippen LogP contribution in [0.2, 0.25) is 0 Å². The van der Waals surface area contributed by atoms with Crippen LogP contribution in [0.5, 0.6) is 5.75 Å². The topological polar surface area (TPSA) is 47.0 Å². The van der Waals surface area contributed by atoms with E-state index in [0.29, 0.717) is 6.61 Å². The molecule has 4 nitrogen and oxygen atoms in total. The van der Waals surface area contributed by atoms with Gasteiger partial charge in [0.25, 0.3) is 0 Å². The lowest BCUT2D eigenvalue weighted by Crippen LogP contribution is -2.12. The molecular weight excluding hydrogens is 226 g/mol. The molecule has 0 atom stereocenters. The van der Waals surface area contributed by atoms with Crippen molar-refractivity contribution in [3.63, 3.8) is 0 Å². The van der Waals surface area contributed by atoms with Crippen LogP contribution in [-0.4, -0.2) is 16.5 Å². The highest BCUT2D eigenvalue weighted by Crippen LogP contribution is 2.09. The zero-order valence-corrected chi connectivity index (χ0v) is 10.5. The molecule has 0 spiro atoms. The number of pyridine rings is 2. The third-order valence-corrected chi connectivity index (χ3v) is 2.49. The lowest BCUT2D eigenvalue weighted by molar-refractivity contribution is 0.300. The number of ether oxygens (including phenoxy) is 1. The Morgan fingerprint density at radius 1 is 1.22 bits per heavy atom. The normalized spacial score (nSPS) is 10.3. The van der Waals surface area contributed by atoms with Gasteiger partial charge in [-0.05, 0) is 30.3 Å². The van der Waals surface area contributed by atoms with E-state index in [9.17, 15) is 0 Å². The summed E-state index contributed by atoms with van der Waals surface area (Å²) in [6, 6.07) is 7.79. The molecule has 0 unspecified atom stereocenters. The summed E-state index contributed by atoms with van der Waals surface area (Å²) < 4.78 is 5.57. The molecule has 0 aliphatic heterocycles. The predicted octanol–water partition coefficient (Wildman–Crippen LogP) is 2.17. The van der Waals surface area contributed by atoms with Crippen LogP contribution in [-0.2, 0) is 13.2 Å². The molecule has 0 bridgehead atoms. The van der Waals surface area contributed by atoms with E-state index in [1.165, 1.54) is 5.56 Å². The van der Waals surface area contributed by atoms with Crippen molar-refractivity contribution in [3.05, 3.63) is 54.1 Å². The van der Waals surface area contributed by atoms with Gasteiger partial charge < -0.3 is 10.1 Å². The third-order valence-electron chi connectivity index (χ3n) is 2.49. The standard InChI is InChI=1S/C14H17N3O/c1-2-15-8-12-5-6-13(17-9-12)11-18-14-4-3-7-16-10-14/h3-7,9-10,15H,2,8,11H2,1H3. The summed E-state index contributed by atoms with van der Waals surface area (Å²) in [7, 11) is 0. The molecule has 2 rings (SSSR count). The first-order valence-electron chi connectivity index (χ1n) is 6.06. The van der Waals surface area contributed by atoms with Gasteiger partial charge in [-0.25, -0.2) is 0 Å². The van der Waals surface area contributed by atoms with Crippen molar-refractivity contribution in [2.75, 3.05) is 6.54 Å². The van der Waals surface area contributed by atoms with Crippen LogP contribution in [0.1, 0.15) is 18.2 Å². The first kappa shape index (κ1) is 12.5. The van der Waals surface area contributed by atoms with Gasteiger partial charge in [0, 0.05) is 18.9 Å². The van der Waals surface area contributed by atoms with Gasteiger partial charge in [-0.1, -0.05) is 13.0 Å². The number of hydrogen-bond acceptors (Lipinski definition) is 4. The van der Waals surface area contributed by atoms with Gasteiger partial charge in [0.05, 0.1) is 11.9 Å². The van der Waals surface area contributed by atoms with E-state index in [0.717, 1.165) is 24.5 Å². The van der Waals surface area contributed by atoms with Crippen LogP contribution in [0.3, 0.4) is 0 Å². The third kappa shape index (κ3) is 3.82. The highest BCUT2D eigenvalue weighted by molar-refractivity contribution is 5.17. The largest absolute Gasteiger partial charge is 0.486 e. The molecule has 0 fully saturated rings. The number of nitrogens with one attached hydrogen (secondary N) is 1. The van der Waals surface area contributed by atoms with E-state index in [4.69, 9.17) is 4.74 Å². The SMILES string of the molecule is CCNCc1ccc(COc2cccnc2)nc1. The molecule has 0 radical (unpaired) electrons. The number of aromatic nitrogens is 2. The van der Waals surface area contributed by atoms with Crippen LogP contribution in [0, 0.1) is 0 Å². The first-order valence-corrected chi connectivity index (χ1v) is 6.06. The molecule has 0 amide bonds. The van der Waals surface area contributed by atoms with Crippen molar-refractivity contribution in [1.29, 1.82) is 0 Å². The molecular formula is C14H17N3O. The second-order valence-corrected chi connectivity index (χ2v) is 3.92. The molecule has 1 N–H and O–H groups in total. The monoisotopic (exact) mass is 243 g/mol. The van der Waals surface area contributed by atoms with Crippen molar-refractivity contribution in [2.24, 2.45) is 0 Å². The maximum atomic E-state index is 5.57. The minimum atomic E-state index is 0.465. The Morgan fingerprint density at radius 3 is 2.83 bits per heavy atom. The van der Waals surface area contributed by atoms with E-state index >= 15 is 0 Å². The van der Waals surface area contributed by atoms with Crippen LogP contribution in [0.4, 0.5) is 0 Å². The van der Waals surface area contributed by atoms with Gasteiger partial charge in [0.15, 0.2) is 0 Å². The Balaban J connectivity index is 1.86. The lowest BCUT2D eigenvalue weighted by Gasteiger charge is -2.06. The Kier molecular flexibility index (Phi) is 4.67. The Bertz CT molecular complexity index is 456. The van der Waals surface area contributed by atoms with Crippen LogP contribution in [0.25, 0.3) is 0 Å². The molecule has 2 aromatic heterocycles. The van der Waals surface area contributed by atoms with Gasteiger partial charge in [-0.15, -0.1) is 0 Å². The molecule has 94 valence electrons. The average Bonchev–Trinajstić information content (AvgIpc) is 2.45.